The number of nitrogens with one attached hydrogen (secondary N) is 2. The SMILES string of the molecule is Nc1cccc(NCc2cn[nH]c2)c1. The molecular formula is C10H12N4. The van der Waals surface area contributed by atoms with E-state index in [4.69, 9.17) is 5.73 Å². The second-order valence-corrected chi connectivity index (χ2v) is 3.09. The Bertz CT molecular complexity index is 394. The molecule has 0 unspecified atom stereocenters. The van der Waals surface area contributed by atoms with E-state index in [1.54, 1.807) is 6.20 Å². The Morgan fingerprint density at radius 1 is 1.43 bits per heavy atom. The van der Waals surface area contributed by atoms with Crippen molar-refractivity contribution in [2.75, 3.05) is 11.1 Å². The smallest absolute Gasteiger partial charge is 0.0537 e. The lowest BCUT2D eigenvalue weighted by Gasteiger charge is -2.04. The molecule has 0 aliphatic carbocycles. The van der Waals surface area contributed by atoms with E-state index in [-0.39, 0.29) is 0 Å². The van der Waals surface area contributed by atoms with Crippen molar-refractivity contribution in [3.8, 4) is 0 Å². The predicted molar refractivity (Wildman–Crippen MR) is 56.8 cm³/mol. The van der Waals surface area contributed by atoms with Gasteiger partial charge in [0.25, 0.3) is 0 Å². The molecule has 14 heavy (non-hydrogen) atoms. The maximum Gasteiger partial charge on any atom is 0.0537 e. The average molecular weight is 188 g/mol. The van der Waals surface area contributed by atoms with Crippen molar-refractivity contribution in [2.45, 2.75) is 6.54 Å². The molecule has 0 aliphatic heterocycles. The molecule has 1 heterocycles. The maximum absolute atomic E-state index is 5.65. The summed E-state index contributed by atoms with van der Waals surface area (Å²) >= 11 is 0. The number of benzene rings is 1. The standard InChI is InChI=1S/C10H12N4/c11-9-2-1-3-10(4-9)12-5-8-6-13-14-7-8/h1-4,6-7,12H,5,11H2,(H,13,14). The Morgan fingerprint density at radius 3 is 3.07 bits per heavy atom. The second kappa shape index (κ2) is 3.83. The molecule has 0 radical (unpaired) electrons. The predicted octanol–water partition coefficient (Wildman–Crippen LogP) is 1.60. The van der Waals surface area contributed by atoms with Gasteiger partial charge in [-0.3, -0.25) is 5.10 Å². The fraction of sp³-hybridized carbons (Fsp3) is 0.100. The summed E-state index contributed by atoms with van der Waals surface area (Å²) in [4.78, 5) is 0. The third kappa shape index (κ3) is 2.04. The highest BCUT2D eigenvalue weighted by atomic mass is 15.1. The molecule has 0 saturated carbocycles. The van der Waals surface area contributed by atoms with E-state index in [1.165, 1.54) is 0 Å². The van der Waals surface area contributed by atoms with E-state index in [1.807, 2.05) is 30.5 Å². The highest BCUT2D eigenvalue weighted by molar-refractivity contribution is 5.54. The minimum atomic E-state index is 0.750. The van der Waals surface area contributed by atoms with Gasteiger partial charge in [0.2, 0.25) is 0 Å². The summed E-state index contributed by atoms with van der Waals surface area (Å²) < 4.78 is 0. The lowest BCUT2D eigenvalue weighted by Crippen LogP contribution is -1.98. The fourth-order valence-corrected chi connectivity index (χ4v) is 1.23. The Hall–Kier alpha value is -1.97. The molecule has 0 atom stereocenters. The fourth-order valence-electron chi connectivity index (χ4n) is 1.23. The van der Waals surface area contributed by atoms with E-state index in [2.05, 4.69) is 15.5 Å². The van der Waals surface area contributed by atoms with Gasteiger partial charge in [0.15, 0.2) is 0 Å². The number of aromatic nitrogens is 2. The molecule has 4 nitrogen and oxygen atoms in total. The molecule has 0 saturated heterocycles. The molecule has 0 fully saturated rings. The van der Waals surface area contributed by atoms with Crippen LogP contribution in [0.25, 0.3) is 0 Å². The van der Waals surface area contributed by atoms with Crippen molar-refractivity contribution >= 4 is 11.4 Å². The van der Waals surface area contributed by atoms with Crippen molar-refractivity contribution in [3.63, 3.8) is 0 Å². The van der Waals surface area contributed by atoms with E-state index in [0.717, 1.165) is 23.5 Å². The first-order valence-electron chi connectivity index (χ1n) is 4.41. The van der Waals surface area contributed by atoms with Crippen molar-refractivity contribution in [1.82, 2.24) is 10.2 Å². The van der Waals surface area contributed by atoms with Crippen LogP contribution < -0.4 is 11.1 Å². The van der Waals surface area contributed by atoms with Gasteiger partial charge in [-0.05, 0) is 18.2 Å². The van der Waals surface area contributed by atoms with Gasteiger partial charge in [0, 0.05) is 29.7 Å². The molecule has 1 aromatic heterocycles. The zero-order valence-corrected chi connectivity index (χ0v) is 7.70. The van der Waals surface area contributed by atoms with Crippen molar-refractivity contribution in [3.05, 3.63) is 42.2 Å². The average Bonchev–Trinajstić information content (AvgIpc) is 2.67. The van der Waals surface area contributed by atoms with Crippen molar-refractivity contribution in [2.24, 2.45) is 0 Å². The number of hydrogen-bond donors (Lipinski definition) is 3. The van der Waals surface area contributed by atoms with Gasteiger partial charge >= 0.3 is 0 Å². The van der Waals surface area contributed by atoms with Crippen molar-refractivity contribution in [1.29, 1.82) is 0 Å². The lowest BCUT2D eigenvalue weighted by atomic mass is 10.2. The number of nitrogen functional groups attached to an aromatic ring is 1. The molecule has 0 amide bonds. The Labute approximate surface area is 82.1 Å². The zero-order chi connectivity index (χ0) is 9.80. The molecule has 0 spiro atoms. The normalized spacial score (nSPS) is 10.0. The van der Waals surface area contributed by atoms with Crippen LogP contribution >= 0.6 is 0 Å². The molecule has 0 bridgehead atoms. The van der Waals surface area contributed by atoms with Crippen LogP contribution in [0.2, 0.25) is 0 Å². The number of anilines is 2. The minimum absolute atomic E-state index is 0.750. The number of aromatic amines is 1. The quantitative estimate of drug-likeness (QED) is 0.641. The third-order valence-corrected chi connectivity index (χ3v) is 1.94. The number of nitrogens with zero attached hydrogens (tertiary/aromatic N) is 1. The van der Waals surface area contributed by atoms with Gasteiger partial charge in [0.1, 0.15) is 0 Å². The van der Waals surface area contributed by atoms with Crippen molar-refractivity contribution < 1.29 is 0 Å². The summed E-state index contributed by atoms with van der Waals surface area (Å²) in [7, 11) is 0. The molecular weight excluding hydrogens is 176 g/mol. The minimum Gasteiger partial charge on any atom is -0.399 e. The van der Waals surface area contributed by atoms with Crippen LogP contribution in [0.15, 0.2) is 36.7 Å². The van der Waals surface area contributed by atoms with Crippen LogP contribution in [-0.4, -0.2) is 10.2 Å². The van der Waals surface area contributed by atoms with Crippen LogP contribution in [0, 0.1) is 0 Å². The van der Waals surface area contributed by atoms with Gasteiger partial charge < -0.3 is 11.1 Å². The monoisotopic (exact) mass is 188 g/mol. The summed E-state index contributed by atoms with van der Waals surface area (Å²) in [5.74, 6) is 0. The lowest BCUT2D eigenvalue weighted by molar-refractivity contribution is 1.09. The van der Waals surface area contributed by atoms with Crippen LogP contribution in [-0.2, 0) is 6.54 Å². The van der Waals surface area contributed by atoms with Gasteiger partial charge in [-0.25, -0.2) is 0 Å². The molecule has 2 rings (SSSR count). The summed E-state index contributed by atoms with van der Waals surface area (Å²) in [6.07, 6.45) is 3.65. The van der Waals surface area contributed by atoms with Crippen LogP contribution in [0.1, 0.15) is 5.56 Å². The van der Waals surface area contributed by atoms with Gasteiger partial charge in [-0.2, -0.15) is 5.10 Å². The number of nitrogens with two attached hydrogens (primary N) is 1. The highest BCUT2D eigenvalue weighted by Gasteiger charge is 1.94. The summed E-state index contributed by atoms with van der Waals surface area (Å²) in [6.45, 7) is 0.750. The summed E-state index contributed by atoms with van der Waals surface area (Å²) in [5, 5.41) is 9.87. The second-order valence-electron chi connectivity index (χ2n) is 3.09. The number of hydrogen-bond acceptors (Lipinski definition) is 3. The molecule has 4 heteroatoms. The Morgan fingerprint density at radius 2 is 2.36 bits per heavy atom. The van der Waals surface area contributed by atoms with E-state index in [0.29, 0.717) is 0 Å². The molecule has 0 aliphatic rings. The topological polar surface area (TPSA) is 66.7 Å². The largest absolute Gasteiger partial charge is 0.399 e. The number of rotatable bonds is 3. The molecule has 1 aromatic carbocycles. The van der Waals surface area contributed by atoms with Gasteiger partial charge in [-0.15, -0.1) is 0 Å². The summed E-state index contributed by atoms with van der Waals surface area (Å²) in [5.41, 5.74) is 8.55. The van der Waals surface area contributed by atoms with E-state index in [9.17, 15) is 0 Å². The van der Waals surface area contributed by atoms with Crippen LogP contribution in [0.3, 0.4) is 0 Å². The Kier molecular flexibility index (Phi) is 2.36. The molecule has 2 aromatic rings. The number of H-pyrrole nitrogens is 1. The van der Waals surface area contributed by atoms with Gasteiger partial charge in [-0.1, -0.05) is 6.07 Å². The summed E-state index contributed by atoms with van der Waals surface area (Å²) in [6, 6.07) is 7.67. The first kappa shape index (κ1) is 8.62. The maximum atomic E-state index is 5.65. The first-order valence-corrected chi connectivity index (χ1v) is 4.41. The van der Waals surface area contributed by atoms with Crippen LogP contribution in [0.4, 0.5) is 11.4 Å². The van der Waals surface area contributed by atoms with E-state index < -0.39 is 0 Å². The van der Waals surface area contributed by atoms with E-state index >= 15 is 0 Å². The van der Waals surface area contributed by atoms with Crippen LogP contribution in [0.5, 0.6) is 0 Å². The third-order valence-electron chi connectivity index (χ3n) is 1.94. The Balaban J connectivity index is 1.98. The molecule has 4 N–H and O–H groups in total. The first-order chi connectivity index (χ1) is 6.84. The zero-order valence-electron chi connectivity index (χ0n) is 7.70. The van der Waals surface area contributed by atoms with Gasteiger partial charge in [0.05, 0.1) is 6.20 Å². The molecule has 72 valence electrons. The highest BCUT2D eigenvalue weighted by Crippen LogP contribution is 2.12.